The van der Waals surface area contributed by atoms with Gasteiger partial charge < -0.3 is 10.0 Å². The van der Waals surface area contributed by atoms with Crippen molar-refractivity contribution < 1.29 is 23.1 Å². The molecule has 0 atom stereocenters. The van der Waals surface area contributed by atoms with Gasteiger partial charge in [-0.1, -0.05) is 12.1 Å². The maximum absolute atomic E-state index is 12.9. The number of aryl methyl sites for hydroxylation is 2. The van der Waals surface area contributed by atoms with Crippen LogP contribution >= 0.6 is 0 Å². The first-order chi connectivity index (χ1) is 12.1. The third-order valence-corrected chi connectivity index (χ3v) is 4.85. The van der Waals surface area contributed by atoms with Crippen molar-refractivity contribution in [3.8, 4) is 0 Å². The van der Waals surface area contributed by atoms with E-state index in [0.717, 1.165) is 12.1 Å². The minimum absolute atomic E-state index is 0.179. The largest absolute Gasteiger partial charge is 0.416 e. The molecule has 1 aromatic carbocycles. The van der Waals surface area contributed by atoms with Crippen LogP contribution in [0.3, 0.4) is 0 Å². The number of nitrogens with zero attached hydrogens (tertiary/aromatic N) is 3. The Morgan fingerprint density at radius 3 is 2.46 bits per heavy atom. The molecular weight excluding hydrogens is 347 g/mol. The molecule has 1 fully saturated rings. The Morgan fingerprint density at radius 1 is 1.27 bits per heavy atom. The summed E-state index contributed by atoms with van der Waals surface area (Å²) in [5.74, 6) is -0.179. The summed E-state index contributed by atoms with van der Waals surface area (Å²) in [7, 11) is 1.73. The number of carbonyl (C=O) groups is 1. The number of aliphatic hydroxyl groups is 1. The third-order valence-electron chi connectivity index (χ3n) is 4.85. The van der Waals surface area contributed by atoms with Crippen molar-refractivity contribution in [2.45, 2.75) is 31.5 Å². The highest BCUT2D eigenvalue weighted by atomic mass is 19.4. The normalized spacial score (nSPS) is 17.4. The summed E-state index contributed by atoms with van der Waals surface area (Å²) in [4.78, 5) is 14.2. The highest BCUT2D eigenvalue weighted by Gasteiger charge is 2.38. The second-order valence-electron chi connectivity index (χ2n) is 6.70. The van der Waals surface area contributed by atoms with E-state index in [1.807, 2.05) is 0 Å². The Labute approximate surface area is 149 Å². The molecule has 0 saturated carbocycles. The smallest absolute Gasteiger partial charge is 0.385 e. The third kappa shape index (κ3) is 3.46. The Morgan fingerprint density at radius 2 is 1.92 bits per heavy atom. The predicted octanol–water partition coefficient (Wildman–Crippen LogP) is 2.87. The average Bonchev–Trinajstić information content (AvgIpc) is 2.93. The Bertz CT molecular complexity index is 821. The Kier molecular flexibility index (Phi) is 4.56. The van der Waals surface area contributed by atoms with E-state index in [1.165, 1.54) is 12.1 Å². The van der Waals surface area contributed by atoms with Crippen LogP contribution in [0.4, 0.5) is 13.2 Å². The second kappa shape index (κ2) is 6.42. The van der Waals surface area contributed by atoms with Crippen molar-refractivity contribution in [2.75, 3.05) is 13.1 Å². The number of hydrogen-bond acceptors (Lipinski definition) is 3. The van der Waals surface area contributed by atoms with Crippen LogP contribution in [0.25, 0.3) is 0 Å². The molecule has 26 heavy (non-hydrogen) atoms. The SMILES string of the molecule is Cc1nn(C)cc1C(=O)N1CCC(O)(c2cccc(C(F)(F)F)c2)CC1. The van der Waals surface area contributed by atoms with Crippen LogP contribution in [-0.2, 0) is 18.8 Å². The molecule has 1 saturated heterocycles. The number of amides is 1. The van der Waals surface area contributed by atoms with Gasteiger partial charge in [0.25, 0.3) is 5.91 Å². The summed E-state index contributed by atoms with van der Waals surface area (Å²) in [6.07, 6.45) is -2.45. The summed E-state index contributed by atoms with van der Waals surface area (Å²) in [6.45, 7) is 2.27. The number of alkyl halides is 3. The monoisotopic (exact) mass is 367 g/mol. The quantitative estimate of drug-likeness (QED) is 0.888. The van der Waals surface area contributed by atoms with Crippen molar-refractivity contribution in [1.29, 1.82) is 0 Å². The lowest BCUT2D eigenvalue weighted by Crippen LogP contribution is -2.45. The molecule has 140 valence electrons. The first-order valence-corrected chi connectivity index (χ1v) is 8.30. The summed E-state index contributed by atoms with van der Waals surface area (Å²) >= 11 is 0. The van der Waals surface area contributed by atoms with E-state index < -0.39 is 17.3 Å². The summed E-state index contributed by atoms with van der Waals surface area (Å²) in [6, 6.07) is 4.77. The molecule has 1 aliphatic rings. The number of aromatic nitrogens is 2. The lowest BCUT2D eigenvalue weighted by molar-refractivity contribution is -0.137. The van der Waals surface area contributed by atoms with Crippen LogP contribution in [0.1, 0.15) is 40.0 Å². The molecule has 1 aromatic heterocycles. The average molecular weight is 367 g/mol. The summed E-state index contributed by atoms with van der Waals surface area (Å²) in [5.41, 5.74) is -0.805. The summed E-state index contributed by atoms with van der Waals surface area (Å²) in [5, 5.41) is 15.0. The second-order valence-corrected chi connectivity index (χ2v) is 6.70. The zero-order valence-electron chi connectivity index (χ0n) is 14.5. The molecule has 1 N–H and O–H groups in total. The van der Waals surface area contributed by atoms with Crippen molar-refractivity contribution in [3.05, 3.63) is 52.8 Å². The van der Waals surface area contributed by atoms with E-state index in [9.17, 15) is 23.1 Å². The molecule has 3 rings (SSSR count). The van der Waals surface area contributed by atoms with Crippen LogP contribution in [0.5, 0.6) is 0 Å². The van der Waals surface area contributed by atoms with E-state index in [2.05, 4.69) is 5.10 Å². The molecule has 0 spiro atoms. The molecule has 5 nitrogen and oxygen atoms in total. The number of benzene rings is 1. The van der Waals surface area contributed by atoms with Gasteiger partial charge in [-0.25, -0.2) is 0 Å². The fourth-order valence-corrected chi connectivity index (χ4v) is 3.33. The molecule has 2 heterocycles. The van der Waals surface area contributed by atoms with Gasteiger partial charge in [0.15, 0.2) is 0 Å². The van der Waals surface area contributed by atoms with E-state index in [0.29, 0.717) is 11.3 Å². The highest BCUT2D eigenvalue weighted by Crippen LogP contribution is 2.37. The van der Waals surface area contributed by atoms with Crippen LogP contribution in [-0.4, -0.2) is 38.8 Å². The zero-order valence-corrected chi connectivity index (χ0v) is 14.5. The van der Waals surface area contributed by atoms with Gasteiger partial charge in [-0.15, -0.1) is 0 Å². The van der Waals surface area contributed by atoms with Crippen LogP contribution in [0.15, 0.2) is 30.5 Å². The lowest BCUT2D eigenvalue weighted by Gasteiger charge is -2.38. The van der Waals surface area contributed by atoms with Crippen molar-refractivity contribution >= 4 is 5.91 Å². The minimum atomic E-state index is -4.46. The number of likely N-dealkylation sites (tertiary alicyclic amines) is 1. The minimum Gasteiger partial charge on any atom is -0.385 e. The molecule has 0 bridgehead atoms. The van der Waals surface area contributed by atoms with Crippen LogP contribution in [0, 0.1) is 6.92 Å². The van der Waals surface area contributed by atoms with Gasteiger partial charge in [-0.3, -0.25) is 9.48 Å². The number of piperidine rings is 1. The van der Waals surface area contributed by atoms with Gasteiger partial charge in [0.1, 0.15) is 0 Å². The van der Waals surface area contributed by atoms with Gasteiger partial charge in [-0.05, 0) is 37.5 Å². The van der Waals surface area contributed by atoms with Crippen molar-refractivity contribution in [2.24, 2.45) is 7.05 Å². The lowest BCUT2D eigenvalue weighted by atomic mass is 9.83. The van der Waals surface area contributed by atoms with E-state index in [-0.39, 0.29) is 37.4 Å². The summed E-state index contributed by atoms with van der Waals surface area (Å²) < 4.78 is 40.3. The van der Waals surface area contributed by atoms with E-state index in [4.69, 9.17) is 0 Å². The van der Waals surface area contributed by atoms with Gasteiger partial charge in [-0.2, -0.15) is 18.3 Å². The molecule has 1 aliphatic heterocycles. The fourth-order valence-electron chi connectivity index (χ4n) is 3.33. The van der Waals surface area contributed by atoms with Crippen molar-refractivity contribution in [3.63, 3.8) is 0 Å². The fraction of sp³-hybridized carbons (Fsp3) is 0.444. The molecule has 1 amide bonds. The molecule has 0 unspecified atom stereocenters. The Hall–Kier alpha value is -2.35. The van der Waals surface area contributed by atoms with Gasteiger partial charge in [0, 0.05) is 26.3 Å². The maximum Gasteiger partial charge on any atom is 0.416 e. The first-order valence-electron chi connectivity index (χ1n) is 8.30. The number of hydrogen-bond donors (Lipinski definition) is 1. The topological polar surface area (TPSA) is 58.4 Å². The number of carbonyl (C=O) groups excluding carboxylic acids is 1. The Balaban J connectivity index is 1.75. The molecule has 8 heteroatoms. The van der Waals surface area contributed by atoms with Crippen LogP contribution < -0.4 is 0 Å². The molecular formula is C18H20F3N3O2. The van der Waals surface area contributed by atoms with Crippen LogP contribution in [0.2, 0.25) is 0 Å². The van der Waals surface area contributed by atoms with Crippen molar-refractivity contribution in [1.82, 2.24) is 14.7 Å². The zero-order chi connectivity index (χ0) is 19.1. The van der Waals surface area contributed by atoms with Gasteiger partial charge >= 0.3 is 6.18 Å². The molecule has 0 aliphatic carbocycles. The molecule has 0 radical (unpaired) electrons. The van der Waals surface area contributed by atoms with Gasteiger partial charge in [0.05, 0.1) is 22.4 Å². The molecule has 2 aromatic rings. The standard InChI is InChI=1S/C18H20F3N3O2/c1-12-15(11-23(2)22-12)16(25)24-8-6-17(26,7-9-24)13-4-3-5-14(10-13)18(19,20)21/h3-5,10-11,26H,6-9H2,1-2H3. The van der Waals surface area contributed by atoms with E-state index >= 15 is 0 Å². The first kappa shape index (κ1) is 18.4. The highest BCUT2D eigenvalue weighted by molar-refractivity contribution is 5.95. The maximum atomic E-state index is 12.9. The van der Waals surface area contributed by atoms with E-state index in [1.54, 1.807) is 29.7 Å². The number of halogens is 3. The number of rotatable bonds is 2. The van der Waals surface area contributed by atoms with Gasteiger partial charge in [0.2, 0.25) is 0 Å². The predicted molar refractivity (Wildman–Crippen MR) is 88.4 cm³/mol.